The Hall–Kier alpha value is -3.68. The number of aromatic hydroxyl groups is 1. The number of carbonyl (C=O) groups is 2. The summed E-state index contributed by atoms with van der Waals surface area (Å²) < 4.78 is 16.3. The van der Waals surface area contributed by atoms with Crippen LogP contribution in [-0.2, 0) is 9.59 Å². The van der Waals surface area contributed by atoms with E-state index in [4.69, 9.17) is 14.2 Å². The van der Waals surface area contributed by atoms with Crippen molar-refractivity contribution in [3.63, 3.8) is 0 Å². The smallest absolute Gasteiger partial charge is 0.294 e. The van der Waals surface area contributed by atoms with Gasteiger partial charge in [0, 0.05) is 18.2 Å². The van der Waals surface area contributed by atoms with E-state index in [1.807, 2.05) is 13.8 Å². The van der Waals surface area contributed by atoms with E-state index in [1.54, 1.807) is 37.3 Å². The van der Waals surface area contributed by atoms with E-state index < -0.39 is 17.7 Å². The fourth-order valence-electron chi connectivity index (χ4n) is 3.96. The Labute approximate surface area is 185 Å². The van der Waals surface area contributed by atoms with E-state index in [0.717, 1.165) is 0 Å². The average molecular weight is 439 g/mol. The van der Waals surface area contributed by atoms with Crippen molar-refractivity contribution in [2.45, 2.75) is 33.2 Å². The van der Waals surface area contributed by atoms with Gasteiger partial charge in [0.15, 0.2) is 34.5 Å². The van der Waals surface area contributed by atoms with Crippen LogP contribution in [0.1, 0.15) is 38.8 Å². The van der Waals surface area contributed by atoms with E-state index in [-0.39, 0.29) is 42.0 Å². The Morgan fingerprint density at radius 3 is 2.62 bits per heavy atom. The quantitative estimate of drug-likeness (QED) is 0.671. The fraction of sp³-hybridized carbons (Fsp3) is 0.333. The van der Waals surface area contributed by atoms with Crippen molar-refractivity contribution in [1.82, 2.24) is 0 Å². The van der Waals surface area contributed by atoms with Crippen molar-refractivity contribution in [2.75, 3.05) is 18.3 Å². The number of aliphatic hydroxyl groups excluding tert-OH is 1. The van der Waals surface area contributed by atoms with Gasteiger partial charge < -0.3 is 24.4 Å². The summed E-state index contributed by atoms with van der Waals surface area (Å²) in [4.78, 5) is 27.7. The Morgan fingerprint density at radius 1 is 1.16 bits per heavy atom. The van der Waals surface area contributed by atoms with E-state index in [1.165, 1.54) is 11.0 Å². The van der Waals surface area contributed by atoms with Crippen molar-refractivity contribution in [3.05, 3.63) is 53.3 Å². The van der Waals surface area contributed by atoms with Crippen molar-refractivity contribution < 1.29 is 34.0 Å². The van der Waals surface area contributed by atoms with Crippen LogP contribution in [0.25, 0.3) is 0 Å². The summed E-state index contributed by atoms with van der Waals surface area (Å²) in [5, 5.41) is 20.9. The highest BCUT2D eigenvalue weighted by molar-refractivity contribution is 6.16. The van der Waals surface area contributed by atoms with Crippen molar-refractivity contribution in [1.29, 1.82) is 0 Å². The number of hydrogen-bond donors (Lipinski definition) is 2. The molecule has 1 unspecified atom stereocenters. The minimum Gasteiger partial charge on any atom is -0.504 e. The lowest BCUT2D eigenvalue weighted by molar-refractivity contribution is -0.118. The number of hydrogen-bond acceptors (Lipinski definition) is 7. The molecule has 2 aliphatic heterocycles. The van der Waals surface area contributed by atoms with E-state index in [0.29, 0.717) is 29.4 Å². The zero-order valence-electron chi connectivity index (χ0n) is 18.1. The molecule has 8 heteroatoms. The molecule has 2 aromatic carbocycles. The number of Topliss-reactive ketones (excluding diaryl/α,β-unsaturated/α-hetero) is 1. The maximum absolute atomic E-state index is 13.2. The van der Waals surface area contributed by atoms with Gasteiger partial charge in [-0.3, -0.25) is 14.5 Å². The van der Waals surface area contributed by atoms with Gasteiger partial charge in [-0.15, -0.1) is 0 Å². The minimum atomic E-state index is -0.895. The van der Waals surface area contributed by atoms with Crippen LogP contribution < -0.4 is 19.1 Å². The monoisotopic (exact) mass is 439 g/mol. The highest BCUT2D eigenvalue weighted by Gasteiger charge is 2.44. The van der Waals surface area contributed by atoms with Crippen molar-refractivity contribution in [2.24, 2.45) is 5.92 Å². The first kappa shape index (κ1) is 21.5. The van der Waals surface area contributed by atoms with Crippen LogP contribution in [0.2, 0.25) is 0 Å². The molecule has 168 valence electrons. The number of ether oxygens (including phenoxy) is 3. The van der Waals surface area contributed by atoms with Gasteiger partial charge in [-0.2, -0.15) is 0 Å². The second kappa shape index (κ2) is 8.45. The lowest BCUT2D eigenvalue weighted by Gasteiger charge is -2.27. The number of carbonyl (C=O) groups excluding carboxylic acids is 2. The average Bonchev–Trinajstić information content (AvgIpc) is 3.31. The molecule has 2 aliphatic rings. The second-order valence-electron chi connectivity index (χ2n) is 8.06. The molecule has 2 heterocycles. The molecule has 0 radical (unpaired) electrons. The zero-order valence-corrected chi connectivity index (χ0v) is 18.1. The maximum atomic E-state index is 13.2. The van der Waals surface area contributed by atoms with Gasteiger partial charge in [-0.05, 0) is 42.7 Å². The van der Waals surface area contributed by atoms with Crippen molar-refractivity contribution in [3.8, 4) is 23.0 Å². The maximum Gasteiger partial charge on any atom is 0.294 e. The molecular formula is C24H25NO7. The summed E-state index contributed by atoms with van der Waals surface area (Å²) in [6.45, 7) is 5.98. The molecule has 32 heavy (non-hydrogen) atoms. The first-order valence-electron chi connectivity index (χ1n) is 10.5. The summed E-state index contributed by atoms with van der Waals surface area (Å²) in [7, 11) is 0. The number of fused-ring (bicyclic) bond motifs is 1. The zero-order chi connectivity index (χ0) is 23.0. The third-order valence-electron chi connectivity index (χ3n) is 5.34. The Bertz CT molecular complexity index is 1110. The van der Waals surface area contributed by atoms with Crippen LogP contribution in [0.5, 0.6) is 23.0 Å². The predicted octanol–water partition coefficient (Wildman–Crippen LogP) is 4.03. The summed E-state index contributed by atoms with van der Waals surface area (Å²) in [6, 6.07) is 8.73. The van der Waals surface area contributed by atoms with Crippen LogP contribution >= 0.6 is 0 Å². The number of nitrogens with zero attached hydrogens (tertiary/aromatic N) is 1. The number of rotatable bonds is 7. The van der Waals surface area contributed by atoms with Gasteiger partial charge in [0.2, 0.25) is 6.79 Å². The molecule has 2 N–H and O–H groups in total. The molecule has 4 rings (SSSR count). The standard InChI is InChI=1S/C24H25NO7/c1-4-30-19-10-14(5-7-16(19)26)22-21(17(27)9-13(2)3)23(28)24(29)25(22)15-6-8-18-20(11-15)32-12-31-18/h5-8,10-11,13,22,26,28H,4,9,12H2,1-3H3. The molecular weight excluding hydrogens is 414 g/mol. The number of benzene rings is 2. The molecule has 0 aliphatic carbocycles. The molecule has 0 saturated carbocycles. The van der Waals surface area contributed by atoms with E-state index in [9.17, 15) is 19.8 Å². The molecule has 0 fully saturated rings. The fourth-order valence-corrected chi connectivity index (χ4v) is 3.96. The molecule has 0 saturated heterocycles. The lowest BCUT2D eigenvalue weighted by atomic mass is 9.91. The minimum absolute atomic E-state index is 0.0227. The summed E-state index contributed by atoms with van der Waals surface area (Å²) in [6.07, 6.45) is 0.175. The molecule has 2 aromatic rings. The van der Waals surface area contributed by atoms with E-state index in [2.05, 4.69) is 0 Å². The number of amides is 1. The lowest BCUT2D eigenvalue weighted by Crippen LogP contribution is -2.31. The third kappa shape index (κ3) is 3.72. The first-order chi connectivity index (χ1) is 15.3. The van der Waals surface area contributed by atoms with Crippen LogP contribution in [0, 0.1) is 5.92 Å². The van der Waals surface area contributed by atoms with E-state index >= 15 is 0 Å². The largest absolute Gasteiger partial charge is 0.504 e. The molecule has 1 amide bonds. The van der Waals surface area contributed by atoms with Crippen LogP contribution in [0.4, 0.5) is 5.69 Å². The molecule has 8 nitrogen and oxygen atoms in total. The summed E-state index contributed by atoms with van der Waals surface area (Å²) in [5.74, 6) is -0.355. The Balaban J connectivity index is 1.85. The topological polar surface area (TPSA) is 106 Å². The normalized spacial score (nSPS) is 17.4. The van der Waals surface area contributed by atoms with Crippen LogP contribution in [0.15, 0.2) is 47.7 Å². The van der Waals surface area contributed by atoms with Gasteiger partial charge in [-0.1, -0.05) is 19.9 Å². The van der Waals surface area contributed by atoms with Crippen molar-refractivity contribution >= 4 is 17.4 Å². The van der Waals surface area contributed by atoms with Gasteiger partial charge >= 0.3 is 0 Å². The Kier molecular flexibility index (Phi) is 5.69. The molecule has 0 aromatic heterocycles. The number of ketones is 1. The first-order valence-corrected chi connectivity index (χ1v) is 10.5. The van der Waals surface area contributed by atoms with Gasteiger partial charge in [0.1, 0.15) is 0 Å². The van der Waals surface area contributed by atoms with Crippen LogP contribution in [0.3, 0.4) is 0 Å². The third-order valence-corrected chi connectivity index (χ3v) is 5.34. The number of phenols is 1. The second-order valence-corrected chi connectivity index (χ2v) is 8.06. The number of anilines is 1. The van der Waals surface area contributed by atoms with Gasteiger partial charge in [0.05, 0.1) is 18.2 Å². The summed E-state index contributed by atoms with van der Waals surface area (Å²) >= 11 is 0. The molecule has 0 spiro atoms. The molecule has 0 bridgehead atoms. The predicted molar refractivity (Wildman–Crippen MR) is 116 cm³/mol. The van der Waals surface area contributed by atoms with Gasteiger partial charge in [-0.25, -0.2) is 0 Å². The Morgan fingerprint density at radius 2 is 1.91 bits per heavy atom. The SMILES string of the molecule is CCOc1cc(C2C(C(=O)CC(C)C)=C(O)C(=O)N2c2ccc3c(c2)OCO3)ccc1O. The van der Waals surface area contributed by atoms with Crippen LogP contribution in [-0.4, -0.2) is 35.3 Å². The summed E-state index contributed by atoms with van der Waals surface area (Å²) in [5.41, 5.74) is 0.983. The highest BCUT2D eigenvalue weighted by atomic mass is 16.7. The number of aliphatic hydroxyl groups is 1. The van der Waals surface area contributed by atoms with Gasteiger partial charge in [0.25, 0.3) is 5.91 Å². The number of phenolic OH excluding ortho intramolecular Hbond substituents is 1. The highest BCUT2D eigenvalue weighted by Crippen LogP contribution is 2.45. The molecule has 1 atom stereocenters.